The average molecular weight is 1120 g/mol. The fraction of sp³-hybridized carbons (Fsp3) is 0.946. The Morgan fingerprint density at radius 1 is 0.637 bits per heavy atom. The van der Waals surface area contributed by atoms with Crippen molar-refractivity contribution in [1.82, 2.24) is 4.90 Å². The number of esters is 2. The first-order valence-corrected chi connectivity index (χ1v) is 34.3. The van der Waals surface area contributed by atoms with Crippen molar-refractivity contribution in [2.75, 3.05) is 19.8 Å². The van der Waals surface area contributed by atoms with Crippen LogP contribution < -0.4 is 0 Å². The Bertz CT molecular complexity index is 1910. The molecule has 4 aliphatic rings. The van der Waals surface area contributed by atoms with E-state index >= 15 is 4.79 Å². The normalized spacial score (nSPS) is 23.4. The summed E-state index contributed by atoms with van der Waals surface area (Å²) in [6.45, 7) is 54.8. The molecule has 0 N–H and O–H groups in total. The van der Waals surface area contributed by atoms with Gasteiger partial charge >= 0.3 is 11.9 Å². The molecule has 468 valence electrons. The zero-order valence-electron chi connectivity index (χ0n) is 57.7. The van der Waals surface area contributed by atoms with Gasteiger partial charge in [-0.1, -0.05) is 222 Å². The molecule has 6 nitrogen and oxygen atoms in total. The van der Waals surface area contributed by atoms with Crippen LogP contribution in [0.1, 0.15) is 339 Å². The summed E-state index contributed by atoms with van der Waals surface area (Å²) in [5.41, 5.74) is -0.142. The number of carbonyl (C=O) groups excluding carboxylic acids is 2. The van der Waals surface area contributed by atoms with E-state index in [1.807, 2.05) is 0 Å². The Balaban J connectivity index is 1.57. The van der Waals surface area contributed by atoms with Crippen LogP contribution in [0.5, 0.6) is 0 Å². The van der Waals surface area contributed by atoms with Crippen LogP contribution in [0.4, 0.5) is 0 Å². The number of fused-ring (bicyclic) bond motifs is 2. The lowest BCUT2D eigenvalue weighted by Gasteiger charge is -2.51. The minimum Gasteiger partial charge on any atom is -0.465 e. The Morgan fingerprint density at radius 3 is 1.76 bits per heavy atom. The van der Waals surface area contributed by atoms with Crippen LogP contribution in [0.25, 0.3) is 0 Å². The van der Waals surface area contributed by atoms with Gasteiger partial charge in [-0.25, -0.2) is 0 Å². The number of carbonyl (C=O) groups is 2. The topological polar surface area (TPSA) is 68.4 Å². The Morgan fingerprint density at radius 2 is 1.20 bits per heavy atom. The molecule has 0 bridgehead atoms. The lowest BCUT2D eigenvalue weighted by Crippen LogP contribution is -2.49. The van der Waals surface area contributed by atoms with Crippen LogP contribution in [-0.4, -0.2) is 54.8 Å². The first-order valence-electron chi connectivity index (χ1n) is 34.3. The van der Waals surface area contributed by atoms with E-state index in [9.17, 15) is 4.79 Å². The van der Waals surface area contributed by atoms with Gasteiger partial charge in [-0.15, -0.1) is 0 Å². The van der Waals surface area contributed by atoms with Crippen LogP contribution in [0.3, 0.4) is 0 Å². The van der Waals surface area contributed by atoms with Crippen molar-refractivity contribution < 1.29 is 23.8 Å². The predicted octanol–water partition coefficient (Wildman–Crippen LogP) is 21.9. The highest BCUT2D eigenvalue weighted by Crippen LogP contribution is 2.59. The lowest BCUT2D eigenvalue weighted by molar-refractivity contribution is -0.169. The summed E-state index contributed by atoms with van der Waals surface area (Å²) in [4.78, 5) is 33.0. The Labute approximate surface area is 498 Å². The van der Waals surface area contributed by atoms with Crippen molar-refractivity contribution in [3.05, 3.63) is 11.8 Å². The molecule has 0 aromatic carbocycles. The fourth-order valence-corrected chi connectivity index (χ4v) is 16.5. The van der Waals surface area contributed by atoms with Gasteiger partial charge in [-0.05, 0) is 184 Å². The Hall–Kier alpha value is -1.56. The summed E-state index contributed by atoms with van der Waals surface area (Å²) in [5, 5.41) is 0. The van der Waals surface area contributed by atoms with E-state index in [1.54, 1.807) is 5.70 Å². The third kappa shape index (κ3) is 20.6. The summed E-state index contributed by atoms with van der Waals surface area (Å²) in [6, 6.07) is 0.508. The quantitative estimate of drug-likeness (QED) is 0.0354. The minimum atomic E-state index is -0.721. The molecule has 1 saturated carbocycles. The van der Waals surface area contributed by atoms with Crippen molar-refractivity contribution in [3.63, 3.8) is 0 Å². The monoisotopic (exact) mass is 1120 g/mol. The van der Waals surface area contributed by atoms with Crippen molar-refractivity contribution in [2.45, 2.75) is 357 Å². The van der Waals surface area contributed by atoms with Crippen LogP contribution in [0.2, 0.25) is 0 Å². The molecule has 0 amide bonds. The second-order valence-electron chi connectivity index (χ2n) is 34.8. The first-order chi connectivity index (χ1) is 36.9. The number of rotatable bonds is 36. The van der Waals surface area contributed by atoms with Gasteiger partial charge in [0.1, 0.15) is 0 Å². The van der Waals surface area contributed by atoms with E-state index in [-0.39, 0.29) is 61.2 Å². The predicted molar refractivity (Wildman–Crippen MR) is 343 cm³/mol. The van der Waals surface area contributed by atoms with Gasteiger partial charge < -0.3 is 19.1 Å². The molecule has 3 heterocycles. The number of epoxide rings is 1. The van der Waals surface area contributed by atoms with Gasteiger partial charge in [0, 0.05) is 18.3 Å². The average Bonchev–Trinajstić information content (AvgIpc) is 4.18. The smallest absolute Gasteiger partial charge is 0.312 e. The maximum atomic E-state index is 15.2. The van der Waals surface area contributed by atoms with Crippen LogP contribution in [0.15, 0.2) is 11.8 Å². The molecule has 7 atom stereocenters. The molecule has 80 heavy (non-hydrogen) atoms. The standard InChI is InChI=1S/C74H137NO5/c1-23-25-26-27-28-29-30-31-32-36-48-78-63(76)73(21,71(17,18)43-37-42-70(15,16)62-51-65(5,6)44-41-58-38-34-33-35-47-75(58)62)54-67(9,10)53-68(11,12)55-74(22,64(77)79-52-56(3)4)72(19,20)46-45-66(7,8)50-59(69(13,14)24-2)57-39-40-60-61(49-57)80-60/h41,56-57,59-62H,23-40,42-55H2,1-22H3. The van der Waals surface area contributed by atoms with E-state index in [2.05, 4.69) is 163 Å². The van der Waals surface area contributed by atoms with E-state index in [0.717, 1.165) is 64.2 Å². The number of nitrogens with zero attached hydrogens (tertiary/aromatic N) is 1. The zero-order chi connectivity index (χ0) is 60.2. The molecule has 0 spiro atoms. The molecule has 0 aromatic heterocycles. The summed E-state index contributed by atoms with van der Waals surface area (Å²) in [6.07, 6.45) is 37.3. The fourth-order valence-electron chi connectivity index (χ4n) is 16.5. The highest BCUT2D eigenvalue weighted by molar-refractivity contribution is 5.78. The molecule has 1 aliphatic carbocycles. The van der Waals surface area contributed by atoms with Gasteiger partial charge in [0.15, 0.2) is 0 Å². The number of unbranched alkanes of at least 4 members (excludes halogenated alkanes) is 9. The third-order valence-electron chi connectivity index (χ3n) is 22.8. The van der Waals surface area contributed by atoms with Gasteiger partial charge in [0.05, 0.1) is 36.3 Å². The first kappa shape index (κ1) is 70.9. The second kappa shape index (κ2) is 29.2. The van der Waals surface area contributed by atoms with Crippen LogP contribution in [0, 0.1) is 71.9 Å². The minimum absolute atomic E-state index is 0.0163. The van der Waals surface area contributed by atoms with Crippen LogP contribution >= 0.6 is 0 Å². The van der Waals surface area contributed by atoms with E-state index in [4.69, 9.17) is 14.2 Å². The van der Waals surface area contributed by atoms with Crippen molar-refractivity contribution in [2.24, 2.45) is 71.9 Å². The third-order valence-corrected chi connectivity index (χ3v) is 22.8. The number of allylic oxidation sites excluding steroid dienone is 2. The summed E-state index contributed by atoms with van der Waals surface area (Å²) >= 11 is 0. The van der Waals surface area contributed by atoms with Gasteiger partial charge in [0.25, 0.3) is 0 Å². The summed E-state index contributed by atoms with van der Waals surface area (Å²) < 4.78 is 19.0. The summed E-state index contributed by atoms with van der Waals surface area (Å²) in [7, 11) is 0. The number of ether oxygens (including phenoxy) is 3. The van der Waals surface area contributed by atoms with Crippen molar-refractivity contribution >= 4 is 11.9 Å². The van der Waals surface area contributed by atoms with E-state index in [0.29, 0.717) is 49.7 Å². The maximum Gasteiger partial charge on any atom is 0.312 e. The SMILES string of the molecule is CCCCCCCCCCCCOC(=O)C(C)(CC(C)(C)CC(C)(C)CC(C)(C(=O)OCC(C)C)C(C)(C)CCC(C)(C)CC(C1CCC2OC2C1)C(C)(C)CC)C(C)(C)CCCC(C)(C)C1CC(C)(C)CC=C2CCCCCN21. The molecular formula is C74H137NO5. The molecule has 4 rings (SSSR count). The lowest BCUT2D eigenvalue weighted by atomic mass is 9.53. The highest BCUT2D eigenvalue weighted by atomic mass is 16.6. The zero-order valence-corrected chi connectivity index (χ0v) is 57.7. The summed E-state index contributed by atoms with van der Waals surface area (Å²) in [5.74, 6) is 1.55. The Kier molecular flexibility index (Phi) is 25.9. The molecule has 0 radical (unpaired) electrons. The second-order valence-corrected chi connectivity index (χ2v) is 34.8. The number of hydrogen-bond acceptors (Lipinski definition) is 6. The molecule has 7 unspecified atom stereocenters. The molecule has 2 saturated heterocycles. The van der Waals surface area contributed by atoms with Gasteiger partial charge in [-0.2, -0.15) is 0 Å². The largest absolute Gasteiger partial charge is 0.465 e. The molecule has 0 aromatic rings. The van der Waals surface area contributed by atoms with Gasteiger partial charge in [-0.3, -0.25) is 9.59 Å². The van der Waals surface area contributed by atoms with Crippen LogP contribution in [-0.2, 0) is 23.8 Å². The molecule has 3 fully saturated rings. The highest BCUT2D eigenvalue weighted by Gasteiger charge is 2.55. The van der Waals surface area contributed by atoms with E-state index < -0.39 is 10.8 Å². The van der Waals surface area contributed by atoms with Gasteiger partial charge in [0.2, 0.25) is 0 Å². The number of hydrogen-bond donors (Lipinski definition) is 0. The maximum absolute atomic E-state index is 15.2. The molecular weight excluding hydrogens is 983 g/mol. The van der Waals surface area contributed by atoms with Crippen molar-refractivity contribution in [1.29, 1.82) is 0 Å². The molecule has 3 aliphatic heterocycles. The molecule has 6 heteroatoms. The van der Waals surface area contributed by atoms with E-state index in [1.165, 1.54) is 122 Å². The van der Waals surface area contributed by atoms with Crippen molar-refractivity contribution in [3.8, 4) is 0 Å².